The first-order chi connectivity index (χ1) is 50.0. The number of benzene rings is 5. The van der Waals surface area contributed by atoms with E-state index in [-0.39, 0.29) is 38.6 Å². The van der Waals surface area contributed by atoms with E-state index in [0.717, 1.165) is 141 Å². The Hall–Kier alpha value is -6.33. The molecule has 0 aromatic heterocycles. The quantitative estimate of drug-likeness (QED) is 0.0258. The van der Waals surface area contributed by atoms with Gasteiger partial charge < -0.3 is 28.8 Å². The molecule has 580 valence electrons. The van der Waals surface area contributed by atoms with Gasteiger partial charge in [0.1, 0.15) is 16.7 Å². The number of rotatable bonds is 20. The van der Waals surface area contributed by atoms with Gasteiger partial charge in [0.25, 0.3) is 0 Å². The molecule has 5 aromatic rings. The number of thioether (sulfide) groups is 5. The van der Waals surface area contributed by atoms with Crippen LogP contribution in [0.25, 0.3) is 0 Å². The van der Waals surface area contributed by atoms with E-state index < -0.39 is 168 Å². The van der Waals surface area contributed by atoms with E-state index in [9.17, 15) is 112 Å². The van der Waals surface area contributed by atoms with Crippen LogP contribution in [0.2, 0.25) is 0 Å². The maximum Gasteiger partial charge on any atom is 0.345 e. The van der Waals surface area contributed by atoms with Crippen molar-refractivity contribution in [3.8, 4) is 5.75 Å². The van der Waals surface area contributed by atoms with Crippen LogP contribution in [-0.2, 0) is 23.7 Å². The Labute approximate surface area is 612 Å². The monoisotopic (exact) mass is 1610 g/mol. The van der Waals surface area contributed by atoms with Crippen molar-refractivity contribution in [2.75, 3.05) is 90.6 Å². The number of carbonyl (C=O) groups excluding carboxylic acids is 5. The lowest BCUT2D eigenvalue weighted by Gasteiger charge is -2.20. The third-order valence-corrected chi connectivity index (χ3v) is 22.4. The van der Waals surface area contributed by atoms with E-state index in [0.29, 0.717) is 73.1 Å². The Morgan fingerprint density at radius 1 is 0.286 bits per heavy atom. The largest absolute Gasteiger partial charge is 0.504 e. The number of phenols is 1. The first-order valence-electron chi connectivity index (χ1n) is 33.0. The highest BCUT2D eigenvalue weighted by Gasteiger charge is 2.33. The fraction of sp³-hybridized carbons (Fsp3) is 0.500. The van der Waals surface area contributed by atoms with Crippen molar-refractivity contribution in [1.82, 2.24) is 0 Å². The Balaban J connectivity index is 0.000000206. The molecule has 0 saturated carbocycles. The second-order valence-corrected chi connectivity index (χ2v) is 30.3. The molecule has 35 heteroatoms. The summed E-state index contributed by atoms with van der Waals surface area (Å²) in [6.45, 7) is 0.261. The van der Waals surface area contributed by atoms with Gasteiger partial charge >= 0.3 is 29.8 Å². The molecule has 0 aliphatic carbocycles. The van der Waals surface area contributed by atoms with Gasteiger partial charge in [0.2, 0.25) is 17.5 Å². The van der Waals surface area contributed by atoms with Crippen molar-refractivity contribution in [3.63, 3.8) is 0 Å². The topological polar surface area (TPSA) is 152 Å². The lowest BCUT2D eigenvalue weighted by atomic mass is 9.99. The van der Waals surface area contributed by atoms with Crippen LogP contribution in [-0.4, -0.2) is 126 Å². The number of ether oxygens (including phenoxy) is 5. The summed E-state index contributed by atoms with van der Waals surface area (Å²) in [7, 11) is 0. The summed E-state index contributed by atoms with van der Waals surface area (Å²) in [5.74, 6) is -30.1. The predicted octanol–water partition coefficient (Wildman–Crippen LogP) is 19.2. The maximum absolute atomic E-state index is 13.5. The highest BCUT2D eigenvalue weighted by atomic mass is 32.2. The third-order valence-electron chi connectivity index (χ3n) is 17.2. The Kier molecular flexibility index (Phi) is 36.9. The minimum absolute atomic E-state index is 0.0498. The molecule has 0 unspecified atom stereocenters. The van der Waals surface area contributed by atoms with Gasteiger partial charge in [-0.25, -0.2) is 103 Å². The summed E-state index contributed by atoms with van der Waals surface area (Å²) in [6, 6.07) is 3.23. The van der Waals surface area contributed by atoms with Gasteiger partial charge in [-0.05, 0) is 214 Å². The van der Waals surface area contributed by atoms with Crippen molar-refractivity contribution in [2.45, 2.75) is 96.3 Å². The fourth-order valence-electron chi connectivity index (χ4n) is 10.8. The number of carbonyl (C=O) groups is 5. The number of esters is 5. The zero-order valence-electron chi connectivity index (χ0n) is 55.7. The predicted molar refractivity (Wildman–Crippen MR) is 358 cm³/mol. The van der Waals surface area contributed by atoms with Gasteiger partial charge in [0.15, 0.2) is 98.8 Å². The van der Waals surface area contributed by atoms with Crippen molar-refractivity contribution in [3.05, 3.63) is 169 Å². The molecule has 1 N–H and O–H groups in total. The minimum Gasteiger partial charge on any atom is -0.504 e. The standard InChI is InChI=1S/C14H13F5O2S.C14H14F4O3S.C14H14F4O2S.2C14H15F3O2S/c15-9-8(10(16)12(18)13(19)11(9)17)14(20)21-4-1-7-2-5-22-6-3-7;15-9-8(13(19)12(18)11(17)10(9)16)14(20)21-4-1-7-2-5-22-6-3-7;15-10-7-9(11(16)13(18)12(10)17)14(19)20-4-1-8-2-5-21-6-3-8;15-11-7-10(8-12(16)13(11)17)14(18)19-4-1-9-2-5-20-6-3-9;15-11-2-1-10(12(16)13(11)17)14(18)19-6-3-9-4-7-20-8-5-9/h7H,1-6H2;7,19H,1-6H2;7-8H,1-6H2;7-9H,1-6H2;1-2,9H,3-8H2. The first kappa shape index (κ1) is 87.6. The van der Waals surface area contributed by atoms with Crippen molar-refractivity contribution in [2.24, 2.45) is 29.6 Å². The molecule has 5 saturated heterocycles. The SMILES string of the molecule is O=C(OCCC1CCSCC1)c1c(F)c(F)c(F)c(F)c1F.O=C(OCCC1CCSCC1)c1c(O)c(F)c(F)c(F)c1F.O=C(OCCC1CCSCC1)c1cc(F)c(F)c(F)c1.O=C(OCCC1CCSCC1)c1cc(F)c(F)c(F)c1F.O=C(OCCC1CCSCC1)c1ccc(F)c(F)c1F. The second kappa shape index (κ2) is 44.2. The summed E-state index contributed by atoms with van der Waals surface area (Å²) >= 11 is 9.34. The Morgan fingerprint density at radius 2 is 0.552 bits per heavy atom. The molecule has 5 fully saturated rings. The number of aromatic hydroxyl groups is 1. The van der Waals surface area contributed by atoms with Gasteiger partial charge in [-0.2, -0.15) is 63.2 Å². The van der Waals surface area contributed by atoms with E-state index in [1.807, 2.05) is 58.8 Å². The molecule has 10 rings (SSSR count). The lowest BCUT2D eigenvalue weighted by Crippen LogP contribution is -2.18. The molecule has 5 aliphatic heterocycles. The van der Waals surface area contributed by atoms with E-state index in [1.165, 1.54) is 0 Å². The van der Waals surface area contributed by atoms with Crippen LogP contribution in [0, 0.1) is 140 Å². The molecule has 105 heavy (non-hydrogen) atoms. The number of hydrogen-bond acceptors (Lipinski definition) is 16. The molecule has 5 aromatic carbocycles. The van der Waals surface area contributed by atoms with Gasteiger partial charge in [0.05, 0.1) is 44.2 Å². The molecular formula is C70H71F19O11S5. The van der Waals surface area contributed by atoms with E-state index in [2.05, 4.69) is 4.74 Å². The highest BCUT2D eigenvalue weighted by molar-refractivity contribution is 8.00. The number of phenolic OH excluding ortho intramolecular Hbond substituents is 1. The first-order valence-corrected chi connectivity index (χ1v) is 38.7. The van der Waals surface area contributed by atoms with Crippen LogP contribution in [0.1, 0.15) is 148 Å². The van der Waals surface area contributed by atoms with Crippen LogP contribution in [0.15, 0.2) is 30.3 Å². The van der Waals surface area contributed by atoms with E-state index in [1.54, 1.807) is 0 Å². The molecular weight excluding hydrogens is 1540 g/mol. The summed E-state index contributed by atoms with van der Waals surface area (Å²) < 4.78 is 273. The molecule has 0 spiro atoms. The average molecular weight is 1610 g/mol. The van der Waals surface area contributed by atoms with Crippen LogP contribution in [0.4, 0.5) is 83.4 Å². The Bertz CT molecular complexity index is 3580. The summed E-state index contributed by atoms with van der Waals surface area (Å²) in [5, 5.41) is 9.28. The van der Waals surface area contributed by atoms with Crippen LogP contribution in [0.5, 0.6) is 5.75 Å². The van der Waals surface area contributed by atoms with Crippen LogP contribution >= 0.6 is 58.8 Å². The van der Waals surface area contributed by atoms with Crippen molar-refractivity contribution >= 4 is 88.7 Å². The normalized spacial score (nSPS) is 16.0. The minimum atomic E-state index is -2.30. The van der Waals surface area contributed by atoms with E-state index in [4.69, 9.17) is 18.9 Å². The summed E-state index contributed by atoms with van der Waals surface area (Å²) in [4.78, 5) is 58.1. The highest BCUT2D eigenvalue weighted by Crippen LogP contribution is 2.34. The zero-order valence-corrected chi connectivity index (χ0v) is 59.8. The van der Waals surface area contributed by atoms with Crippen molar-refractivity contribution < 1.29 is 136 Å². The molecule has 0 atom stereocenters. The smallest absolute Gasteiger partial charge is 0.345 e. The summed E-state index contributed by atoms with van der Waals surface area (Å²) in [6.07, 6.45) is 13.4. The molecule has 5 heterocycles. The van der Waals surface area contributed by atoms with E-state index >= 15 is 0 Å². The Morgan fingerprint density at radius 3 is 0.924 bits per heavy atom. The molecule has 0 bridgehead atoms. The molecule has 0 amide bonds. The lowest BCUT2D eigenvalue weighted by molar-refractivity contribution is 0.0457. The van der Waals surface area contributed by atoms with Crippen LogP contribution in [0.3, 0.4) is 0 Å². The molecule has 0 radical (unpaired) electrons. The third kappa shape index (κ3) is 26.2. The zero-order chi connectivity index (χ0) is 77.0. The molecule has 11 nitrogen and oxygen atoms in total. The second-order valence-electron chi connectivity index (χ2n) is 24.2. The van der Waals surface area contributed by atoms with Gasteiger partial charge in [0, 0.05) is 0 Å². The van der Waals surface area contributed by atoms with Crippen molar-refractivity contribution in [1.29, 1.82) is 0 Å². The maximum atomic E-state index is 13.5. The number of hydrogen-bond donors (Lipinski definition) is 1. The molecule has 5 aliphatic rings. The fourth-order valence-corrected chi connectivity index (χ4v) is 16.8. The number of halogens is 19. The van der Waals surface area contributed by atoms with Gasteiger partial charge in [-0.3, -0.25) is 0 Å². The van der Waals surface area contributed by atoms with Crippen LogP contribution < -0.4 is 0 Å². The van der Waals surface area contributed by atoms with Gasteiger partial charge in [-0.1, -0.05) is 0 Å². The average Bonchev–Trinajstić information content (AvgIpc) is 0.794. The van der Waals surface area contributed by atoms with Gasteiger partial charge in [-0.15, -0.1) is 0 Å². The summed E-state index contributed by atoms with van der Waals surface area (Å²) in [5.41, 5.74) is -4.67.